The van der Waals surface area contributed by atoms with Gasteiger partial charge in [0, 0.05) is 0 Å². The van der Waals surface area contributed by atoms with Crippen LogP contribution in [0.15, 0.2) is 18.2 Å². The molecule has 5 nitrogen and oxygen atoms in total. The molecule has 0 aliphatic heterocycles. The number of para-hydroxylation sites is 1. The summed E-state index contributed by atoms with van der Waals surface area (Å²) < 4.78 is 23.1. The fourth-order valence-corrected chi connectivity index (χ4v) is 1.33. The maximum atomic E-state index is 13.4. The Morgan fingerprint density at radius 3 is 2.74 bits per heavy atom. The molecule has 0 saturated carbocycles. The first-order valence-corrected chi connectivity index (χ1v) is 5.86. The largest absolute Gasteiger partial charge is 0.478 e. The summed E-state index contributed by atoms with van der Waals surface area (Å²) >= 11 is 0. The van der Waals surface area contributed by atoms with Crippen molar-refractivity contribution >= 4 is 11.9 Å². The van der Waals surface area contributed by atoms with E-state index in [9.17, 15) is 14.0 Å². The van der Waals surface area contributed by atoms with E-state index in [2.05, 4.69) is 0 Å². The lowest BCUT2D eigenvalue weighted by molar-refractivity contribution is -0.146. The number of carboxylic acid groups (broad SMARTS) is 1. The molecule has 1 rings (SSSR count). The molecule has 0 saturated heterocycles. The lowest BCUT2D eigenvalue weighted by Crippen LogP contribution is -2.17. The minimum atomic E-state index is -1.33. The molecule has 104 valence electrons. The van der Waals surface area contributed by atoms with Crippen LogP contribution in [0.25, 0.3) is 0 Å². The van der Waals surface area contributed by atoms with Crippen LogP contribution in [0.5, 0.6) is 5.75 Å². The third-order valence-electron chi connectivity index (χ3n) is 2.29. The molecule has 0 fully saturated rings. The van der Waals surface area contributed by atoms with Gasteiger partial charge in [0.1, 0.15) is 5.56 Å². The molecule has 0 aromatic heterocycles. The van der Waals surface area contributed by atoms with E-state index in [0.29, 0.717) is 0 Å². The summed E-state index contributed by atoms with van der Waals surface area (Å²) in [5.74, 6) is -3.27. The number of esters is 1. The number of carbonyl (C=O) groups is 2. The van der Waals surface area contributed by atoms with Crippen molar-refractivity contribution in [2.45, 2.75) is 19.8 Å². The highest BCUT2D eigenvalue weighted by Gasteiger charge is 2.17. The van der Waals surface area contributed by atoms with Crippen molar-refractivity contribution in [2.24, 2.45) is 0 Å². The van der Waals surface area contributed by atoms with Gasteiger partial charge in [-0.05, 0) is 18.6 Å². The quantitative estimate of drug-likeness (QED) is 0.607. The van der Waals surface area contributed by atoms with Gasteiger partial charge in [-0.25, -0.2) is 14.0 Å². The molecule has 0 unspecified atom stereocenters. The number of carbonyl (C=O) groups excluding carboxylic acids is 1. The molecule has 19 heavy (non-hydrogen) atoms. The van der Waals surface area contributed by atoms with Gasteiger partial charge in [-0.2, -0.15) is 0 Å². The molecule has 1 aromatic rings. The first-order chi connectivity index (χ1) is 9.06. The second-order valence-electron chi connectivity index (χ2n) is 3.78. The summed E-state index contributed by atoms with van der Waals surface area (Å²) in [5.41, 5.74) is -0.332. The minimum Gasteiger partial charge on any atom is -0.478 e. The number of halogens is 1. The molecule has 0 bridgehead atoms. The van der Waals surface area contributed by atoms with Gasteiger partial charge in [-0.15, -0.1) is 0 Å². The molecule has 0 spiro atoms. The number of rotatable bonds is 7. The molecule has 0 aliphatic carbocycles. The fraction of sp³-hybridized carbons (Fsp3) is 0.385. The number of unbranched alkanes of at least 4 members (excludes halogenated alkanes) is 1. The Hall–Kier alpha value is -2.11. The highest BCUT2D eigenvalue weighted by molar-refractivity contribution is 5.91. The molecular weight excluding hydrogens is 255 g/mol. The van der Waals surface area contributed by atoms with Crippen LogP contribution in [0, 0.1) is 5.82 Å². The molecule has 0 aliphatic rings. The van der Waals surface area contributed by atoms with Crippen LogP contribution in [0.3, 0.4) is 0 Å². The van der Waals surface area contributed by atoms with E-state index in [1.165, 1.54) is 12.1 Å². The Labute approximate surface area is 109 Å². The third kappa shape index (κ3) is 4.57. The maximum Gasteiger partial charge on any atom is 0.344 e. The molecule has 6 heteroatoms. The number of carboxylic acids is 1. The average molecular weight is 270 g/mol. The summed E-state index contributed by atoms with van der Waals surface area (Å²) in [6.07, 6.45) is 1.61. The molecule has 0 atom stereocenters. The van der Waals surface area contributed by atoms with Gasteiger partial charge < -0.3 is 14.6 Å². The predicted octanol–water partition coefficient (Wildman–Crippen LogP) is 2.25. The smallest absolute Gasteiger partial charge is 0.344 e. The van der Waals surface area contributed by atoms with Crippen LogP contribution in [0.1, 0.15) is 30.1 Å². The number of benzene rings is 1. The van der Waals surface area contributed by atoms with E-state index in [4.69, 9.17) is 14.6 Å². The summed E-state index contributed by atoms with van der Waals surface area (Å²) in [6.45, 7) is 1.69. The van der Waals surface area contributed by atoms with E-state index in [1.54, 1.807) is 0 Å². The van der Waals surface area contributed by atoms with Gasteiger partial charge in [-0.3, -0.25) is 0 Å². The molecule has 0 radical (unpaired) electrons. The van der Waals surface area contributed by atoms with Crippen molar-refractivity contribution < 1.29 is 28.6 Å². The Balaban J connectivity index is 2.62. The SMILES string of the molecule is CCCCOC(=O)COc1c(F)cccc1C(=O)O. The van der Waals surface area contributed by atoms with E-state index < -0.39 is 30.1 Å². The fourth-order valence-electron chi connectivity index (χ4n) is 1.33. The van der Waals surface area contributed by atoms with Gasteiger partial charge in [0.15, 0.2) is 18.2 Å². The lowest BCUT2D eigenvalue weighted by atomic mass is 10.2. The number of hydrogen-bond acceptors (Lipinski definition) is 4. The highest BCUT2D eigenvalue weighted by atomic mass is 19.1. The van der Waals surface area contributed by atoms with Crippen molar-refractivity contribution in [3.8, 4) is 5.75 Å². The van der Waals surface area contributed by atoms with Crippen molar-refractivity contribution in [3.63, 3.8) is 0 Å². The topological polar surface area (TPSA) is 72.8 Å². The Bertz CT molecular complexity index is 458. The monoisotopic (exact) mass is 270 g/mol. The first-order valence-electron chi connectivity index (χ1n) is 5.86. The van der Waals surface area contributed by atoms with E-state index in [0.717, 1.165) is 18.9 Å². The van der Waals surface area contributed by atoms with Crippen LogP contribution in [-0.2, 0) is 9.53 Å². The maximum absolute atomic E-state index is 13.4. The van der Waals surface area contributed by atoms with Crippen LogP contribution >= 0.6 is 0 Å². The standard InChI is InChI=1S/C13H15FO5/c1-2-3-7-18-11(15)8-19-12-9(13(16)17)5-4-6-10(12)14/h4-6H,2-3,7-8H2,1H3,(H,16,17). The minimum absolute atomic E-state index is 0.266. The summed E-state index contributed by atoms with van der Waals surface area (Å²) in [4.78, 5) is 22.1. The lowest BCUT2D eigenvalue weighted by Gasteiger charge is -2.09. The van der Waals surface area contributed by atoms with Crippen molar-refractivity contribution in [1.29, 1.82) is 0 Å². The van der Waals surface area contributed by atoms with Crippen molar-refractivity contribution in [3.05, 3.63) is 29.6 Å². The molecule has 1 N–H and O–H groups in total. The summed E-state index contributed by atoms with van der Waals surface area (Å²) in [7, 11) is 0. The third-order valence-corrected chi connectivity index (χ3v) is 2.29. The first kappa shape index (κ1) is 14.9. The van der Waals surface area contributed by atoms with Crippen LogP contribution in [0.4, 0.5) is 4.39 Å². The molecule has 0 heterocycles. The second kappa shape index (κ2) is 7.35. The van der Waals surface area contributed by atoms with Crippen LogP contribution in [0.2, 0.25) is 0 Å². The van der Waals surface area contributed by atoms with Gasteiger partial charge in [0.05, 0.1) is 6.61 Å². The predicted molar refractivity (Wildman–Crippen MR) is 64.7 cm³/mol. The molecule has 0 amide bonds. The van der Waals surface area contributed by atoms with Gasteiger partial charge in [0.2, 0.25) is 0 Å². The second-order valence-corrected chi connectivity index (χ2v) is 3.78. The van der Waals surface area contributed by atoms with Gasteiger partial charge in [0.25, 0.3) is 0 Å². The molecular formula is C13H15FO5. The molecule has 1 aromatic carbocycles. The van der Waals surface area contributed by atoms with Crippen molar-refractivity contribution in [1.82, 2.24) is 0 Å². The normalized spacial score (nSPS) is 10.0. The Kier molecular flexibility index (Phi) is 5.78. The number of ether oxygens (including phenoxy) is 2. The number of hydrogen-bond donors (Lipinski definition) is 1. The van der Waals surface area contributed by atoms with Gasteiger partial charge >= 0.3 is 11.9 Å². The highest BCUT2D eigenvalue weighted by Crippen LogP contribution is 2.22. The average Bonchev–Trinajstić information content (AvgIpc) is 2.37. The zero-order valence-electron chi connectivity index (χ0n) is 10.5. The zero-order chi connectivity index (χ0) is 14.3. The summed E-state index contributed by atoms with van der Waals surface area (Å²) in [6, 6.07) is 3.51. The van der Waals surface area contributed by atoms with Crippen LogP contribution < -0.4 is 4.74 Å². The summed E-state index contributed by atoms with van der Waals surface area (Å²) in [5, 5.41) is 8.87. The number of aromatic carboxylic acids is 1. The van der Waals surface area contributed by atoms with E-state index in [1.807, 2.05) is 6.92 Å². The zero-order valence-corrected chi connectivity index (χ0v) is 10.5. The Morgan fingerprint density at radius 2 is 2.11 bits per heavy atom. The van der Waals surface area contributed by atoms with Crippen molar-refractivity contribution in [2.75, 3.05) is 13.2 Å². The van der Waals surface area contributed by atoms with E-state index in [-0.39, 0.29) is 12.2 Å². The van der Waals surface area contributed by atoms with E-state index >= 15 is 0 Å². The van der Waals surface area contributed by atoms with Crippen LogP contribution in [-0.4, -0.2) is 30.3 Å². The van der Waals surface area contributed by atoms with Gasteiger partial charge in [-0.1, -0.05) is 19.4 Å². The Morgan fingerprint density at radius 1 is 1.37 bits per heavy atom.